The van der Waals surface area contributed by atoms with E-state index >= 15 is 0 Å². The number of thiophene rings is 1. The molecular weight excluding hydrogens is 527 g/mol. The van der Waals surface area contributed by atoms with E-state index in [9.17, 15) is 28.1 Å². The van der Waals surface area contributed by atoms with Crippen LogP contribution in [0.4, 0.5) is 18.9 Å². The lowest BCUT2D eigenvalue weighted by Crippen LogP contribution is -2.21. The molecule has 194 valence electrons. The monoisotopic (exact) mass is 549 g/mol. The fourth-order valence-corrected chi connectivity index (χ4v) is 6.17. The second kappa shape index (κ2) is 10.5. The van der Waals surface area contributed by atoms with Crippen LogP contribution in [0, 0.1) is 17.0 Å². The van der Waals surface area contributed by atoms with Crippen molar-refractivity contribution in [3.63, 3.8) is 0 Å². The summed E-state index contributed by atoms with van der Waals surface area (Å²) in [5.74, 6) is 0.595. The summed E-state index contributed by atoms with van der Waals surface area (Å²) < 4.78 is 46.4. The van der Waals surface area contributed by atoms with Crippen LogP contribution in [0.1, 0.15) is 36.3 Å². The Morgan fingerprint density at radius 2 is 1.86 bits per heavy atom. The zero-order valence-electron chi connectivity index (χ0n) is 20.1. The highest BCUT2D eigenvalue weighted by Crippen LogP contribution is 2.40. The molecule has 0 bridgehead atoms. The van der Waals surface area contributed by atoms with Crippen LogP contribution < -0.4 is 10.3 Å². The summed E-state index contributed by atoms with van der Waals surface area (Å²) in [5, 5.41) is 12.2. The zero-order chi connectivity index (χ0) is 26.9. The molecule has 4 aromatic rings. The minimum Gasteiger partial charge on any atom is -0.494 e. The number of nitro groups is 1. The van der Waals surface area contributed by atoms with Gasteiger partial charge in [0.2, 0.25) is 0 Å². The Kier molecular flexibility index (Phi) is 7.60. The van der Waals surface area contributed by atoms with Crippen LogP contribution in [0.5, 0.6) is 5.75 Å². The molecule has 0 aliphatic rings. The maximum atomic E-state index is 13.8. The Bertz CT molecular complexity index is 1530. The molecule has 2 aromatic carbocycles. The molecule has 2 aromatic heterocycles. The first-order chi connectivity index (χ1) is 17.5. The number of benzene rings is 2. The van der Waals surface area contributed by atoms with Gasteiger partial charge in [0.15, 0.2) is 5.16 Å². The van der Waals surface area contributed by atoms with E-state index in [4.69, 9.17) is 4.74 Å². The van der Waals surface area contributed by atoms with Gasteiger partial charge in [0.1, 0.15) is 10.6 Å². The van der Waals surface area contributed by atoms with Crippen molar-refractivity contribution < 1.29 is 22.8 Å². The smallest absolute Gasteiger partial charge is 0.416 e. The van der Waals surface area contributed by atoms with Gasteiger partial charge in [-0.25, -0.2) is 4.98 Å². The Hall–Kier alpha value is -3.38. The van der Waals surface area contributed by atoms with Crippen LogP contribution in [0.15, 0.2) is 57.3 Å². The number of nitrogens with zero attached hydrogens (tertiary/aromatic N) is 3. The Balaban J connectivity index is 1.94. The number of ether oxygens (including phenoxy) is 1. The molecule has 0 radical (unpaired) electrons. The Labute approximate surface area is 218 Å². The van der Waals surface area contributed by atoms with Crippen molar-refractivity contribution in [1.82, 2.24) is 9.55 Å². The number of aryl methyl sites for hydroxylation is 2. The molecule has 0 aliphatic heterocycles. The zero-order valence-corrected chi connectivity index (χ0v) is 21.7. The quantitative estimate of drug-likeness (QED) is 0.131. The van der Waals surface area contributed by atoms with Crippen LogP contribution in [0.25, 0.3) is 15.9 Å². The lowest BCUT2D eigenvalue weighted by Gasteiger charge is -2.14. The molecule has 0 saturated heterocycles. The standard InChI is InChI=1S/C25H22F3N3O4S2/c1-4-6-19-14(3)21-22(36-19)29-24(30(23(21)32)16-8-10-17(11-9-16)35-5-2)37-20-12-7-15(25(26,27)28)13-18(20)31(33)34/h7-13H,4-6H2,1-3H3. The van der Waals surface area contributed by atoms with Crippen molar-refractivity contribution in [1.29, 1.82) is 0 Å². The Morgan fingerprint density at radius 1 is 1.16 bits per heavy atom. The van der Waals surface area contributed by atoms with Crippen LogP contribution in [-0.4, -0.2) is 21.1 Å². The summed E-state index contributed by atoms with van der Waals surface area (Å²) in [7, 11) is 0. The van der Waals surface area contributed by atoms with E-state index in [1.54, 1.807) is 24.3 Å². The normalized spacial score (nSPS) is 11.7. The second-order valence-electron chi connectivity index (χ2n) is 8.08. The number of halogens is 3. The first-order valence-corrected chi connectivity index (χ1v) is 13.0. The molecule has 7 nitrogen and oxygen atoms in total. The summed E-state index contributed by atoms with van der Waals surface area (Å²) in [6.45, 7) is 6.19. The maximum Gasteiger partial charge on any atom is 0.416 e. The van der Waals surface area contributed by atoms with Gasteiger partial charge in [-0.3, -0.25) is 19.5 Å². The summed E-state index contributed by atoms with van der Waals surface area (Å²) in [5.41, 5.74) is -0.934. The predicted molar refractivity (Wildman–Crippen MR) is 137 cm³/mol. The first-order valence-electron chi connectivity index (χ1n) is 11.4. The maximum absolute atomic E-state index is 13.8. The summed E-state index contributed by atoms with van der Waals surface area (Å²) in [6, 6.07) is 9.02. The van der Waals surface area contributed by atoms with Gasteiger partial charge in [0.05, 0.1) is 33.1 Å². The molecule has 0 fully saturated rings. The molecule has 0 N–H and O–H groups in total. The van der Waals surface area contributed by atoms with Gasteiger partial charge in [-0.2, -0.15) is 13.2 Å². The minimum absolute atomic E-state index is 0.0639. The number of hydrogen-bond donors (Lipinski definition) is 0. The van der Waals surface area contributed by atoms with Crippen LogP contribution >= 0.6 is 23.1 Å². The van der Waals surface area contributed by atoms with Gasteiger partial charge >= 0.3 is 6.18 Å². The molecule has 0 aliphatic carbocycles. The van der Waals surface area contributed by atoms with E-state index in [0.717, 1.165) is 47.2 Å². The number of alkyl halides is 3. The van der Waals surface area contributed by atoms with E-state index in [0.29, 0.717) is 34.3 Å². The van der Waals surface area contributed by atoms with E-state index in [1.165, 1.54) is 15.9 Å². The summed E-state index contributed by atoms with van der Waals surface area (Å²) in [4.78, 5) is 30.7. The third-order valence-corrected chi connectivity index (χ3v) is 7.87. The first kappa shape index (κ1) is 26.7. The molecular formula is C25H22F3N3O4S2. The summed E-state index contributed by atoms with van der Waals surface area (Å²) >= 11 is 2.15. The third-order valence-electron chi connectivity index (χ3n) is 5.60. The molecule has 2 heterocycles. The van der Waals surface area contributed by atoms with Gasteiger partial charge in [-0.05, 0) is 74.0 Å². The lowest BCUT2D eigenvalue weighted by molar-refractivity contribution is -0.388. The highest BCUT2D eigenvalue weighted by molar-refractivity contribution is 7.99. The predicted octanol–water partition coefficient (Wildman–Crippen LogP) is 7.19. The topological polar surface area (TPSA) is 87.3 Å². The van der Waals surface area contributed by atoms with Gasteiger partial charge in [-0.1, -0.05) is 13.3 Å². The van der Waals surface area contributed by atoms with Crippen LogP contribution in [-0.2, 0) is 12.6 Å². The van der Waals surface area contributed by atoms with Gasteiger partial charge < -0.3 is 4.74 Å². The average Bonchev–Trinajstić information content (AvgIpc) is 3.15. The largest absolute Gasteiger partial charge is 0.494 e. The van der Waals surface area contributed by atoms with Crippen molar-refractivity contribution in [2.45, 2.75) is 49.8 Å². The minimum atomic E-state index is -4.74. The van der Waals surface area contributed by atoms with E-state index in [-0.39, 0.29) is 15.6 Å². The van der Waals surface area contributed by atoms with Crippen molar-refractivity contribution in [2.75, 3.05) is 6.61 Å². The Morgan fingerprint density at radius 3 is 2.46 bits per heavy atom. The molecule has 0 spiro atoms. The van der Waals surface area contributed by atoms with E-state index in [2.05, 4.69) is 4.98 Å². The number of nitro benzene ring substituents is 1. The SMILES string of the molecule is CCCc1sc2nc(Sc3ccc(C(F)(F)F)cc3[N+](=O)[O-])n(-c3ccc(OCC)cc3)c(=O)c2c1C. The highest BCUT2D eigenvalue weighted by atomic mass is 32.2. The number of rotatable bonds is 8. The van der Waals surface area contributed by atoms with Gasteiger partial charge in [-0.15, -0.1) is 11.3 Å². The lowest BCUT2D eigenvalue weighted by atomic mass is 10.1. The fourth-order valence-electron chi connectivity index (χ4n) is 3.85. The van der Waals surface area contributed by atoms with Crippen molar-refractivity contribution in [3.8, 4) is 11.4 Å². The molecule has 0 amide bonds. The van der Waals surface area contributed by atoms with Crippen LogP contribution in [0.3, 0.4) is 0 Å². The fraction of sp³-hybridized carbons (Fsp3) is 0.280. The highest BCUT2D eigenvalue weighted by Gasteiger charge is 2.33. The second-order valence-corrected chi connectivity index (χ2v) is 10.2. The number of hydrogen-bond acceptors (Lipinski definition) is 7. The molecule has 0 unspecified atom stereocenters. The van der Waals surface area contributed by atoms with Crippen molar-refractivity contribution in [2.24, 2.45) is 0 Å². The molecule has 0 atom stereocenters. The van der Waals surface area contributed by atoms with Crippen LogP contribution in [0.2, 0.25) is 0 Å². The van der Waals surface area contributed by atoms with Gasteiger partial charge in [0.25, 0.3) is 11.2 Å². The number of aromatic nitrogens is 2. The summed E-state index contributed by atoms with van der Waals surface area (Å²) in [6.07, 6.45) is -3.10. The number of fused-ring (bicyclic) bond motifs is 1. The van der Waals surface area contributed by atoms with Gasteiger partial charge in [0, 0.05) is 10.9 Å². The average molecular weight is 550 g/mol. The van der Waals surface area contributed by atoms with E-state index in [1.807, 2.05) is 20.8 Å². The molecule has 4 rings (SSSR count). The molecule has 0 saturated carbocycles. The van der Waals surface area contributed by atoms with Crippen molar-refractivity contribution in [3.05, 3.63) is 78.9 Å². The molecule has 12 heteroatoms. The molecule has 37 heavy (non-hydrogen) atoms. The van der Waals surface area contributed by atoms with E-state index < -0.39 is 22.4 Å². The van der Waals surface area contributed by atoms with Crippen molar-refractivity contribution >= 4 is 39.0 Å². The third kappa shape index (κ3) is 5.35.